The summed E-state index contributed by atoms with van der Waals surface area (Å²) in [6.45, 7) is 0. The van der Waals surface area contributed by atoms with Gasteiger partial charge in [0.15, 0.2) is 17.0 Å². The fourth-order valence-electron chi connectivity index (χ4n) is 1.61. The van der Waals surface area contributed by atoms with Crippen LogP contribution in [0.25, 0.3) is 11.2 Å². The predicted octanol–water partition coefficient (Wildman–Crippen LogP) is 1.82. The number of imidazole rings is 1. The van der Waals surface area contributed by atoms with Gasteiger partial charge >= 0.3 is 0 Å². The molecule has 0 saturated heterocycles. The molecular formula is C11H9FN6. The second kappa shape index (κ2) is 3.95. The number of hydrogen-bond acceptors (Lipinski definition) is 5. The van der Waals surface area contributed by atoms with E-state index in [1.807, 2.05) is 0 Å². The van der Waals surface area contributed by atoms with Crippen molar-refractivity contribution in [3.8, 4) is 0 Å². The summed E-state index contributed by atoms with van der Waals surface area (Å²) in [5.74, 6) is 0.314. The van der Waals surface area contributed by atoms with Crippen molar-refractivity contribution in [3.63, 3.8) is 0 Å². The minimum absolute atomic E-state index is 0.136. The molecule has 0 amide bonds. The van der Waals surface area contributed by atoms with Gasteiger partial charge in [-0.25, -0.2) is 9.37 Å². The number of fused-ring (bicyclic) bond motifs is 1. The zero-order valence-electron chi connectivity index (χ0n) is 9.18. The summed E-state index contributed by atoms with van der Waals surface area (Å²) in [6, 6.07) is 5.92. The van der Waals surface area contributed by atoms with Crippen LogP contribution in [0.2, 0.25) is 0 Å². The summed E-state index contributed by atoms with van der Waals surface area (Å²) in [5, 5.41) is 3.02. The lowest BCUT2D eigenvalue weighted by Gasteiger charge is -2.06. The number of benzene rings is 1. The lowest BCUT2D eigenvalue weighted by molar-refractivity contribution is 0.628. The number of hydrogen-bond donors (Lipinski definition) is 3. The second-order valence-electron chi connectivity index (χ2n) is 3.66. The Kier molecular flexibility index (Phi) is 2.30. The van der Waals surface area contributed by atoms with E-state index in [0.29, 0.717) is 22.7 Å². The molecule has 3 aromatic rings. The van der Waals surface area contributed by atoms with Crippen LogP contribution in [0.5, 0.6) is 0 Å². The normalized spacial score (nSPS) is 10.7. The van der Waals surface area contributed by atoms with Crippen molar-refractivity contribution in [2.45, 2.75) is 0 Å². The summed E-state index contributed by atoms with van der Waals surface area (Å²) in [7, 11) is 0. The van der Waals surface area contributed by atoms with Crippen molar-refractivity contribution in [3.05, 3.63) is 36.4 Å². The number of halogens is 1. The summed E-state index contributed by atoms with van der Waals surface area (Å²) >= 11 is 0. The number of nitrogens with two attached hydrogens (primary N) is 1. The van der Waals surface area contributed by atoms with Gasteiger partial charge in [-0.05, 0) is 24.3 Å². The summed E-state index contributed by atoms with van der Waals surface area (Å²) in [5.41, 5.74) is 7.41. The molecule has 4 N–H and O–H groups in total. The van der Waals surface area contributed by atoms with Crippen LogP contribution >= 0.6 is 0 Å². The molecule has 3 rings (SSSR count). The van der Waals surface area contributed by atoms with E-state index in [0.717, 1.165) is 0 Å². The van der Waals surface area contributed by atoms with E-state index in [2.05, 4.69) is 25.3 Å². The van der Waals surface area contributed by atoms with Crippen LogP contribution in [0.15, 0.2) is 30.6 Å². The number of anilines is 3. The van der Waals surface area contributed by atoms with Crippen LogP contribution in [-0.2, 0) is 0 Å². The van der Waals surface area contributed by atoms with Crippen LogP contribution in [0, 0.1) is 5.82 Å². The molecule has 90 valence electrons. The molecule has 6 nitrogen and oxygen atoms in total. The number of aromatic nitrogens is 4. The minimum Gasteiger partial charge on any atom is -0.368 e. The highest BCUT2D eigenvalue weighted by Crippen LogP contribution is 2.21. The monoisotopic (exact) mass is 244 g/mol. The molecule has 0 aliphatic carbocycles. The molecule has 0 spiro atoms. The van der Waals surface area contributed by atoms with E-state index in [9.17, 15) is 4.39 Å². The Bertz CT molecular complexity index is 690. The molecule has 0 aliphatic rings. The lowest BCUT2D eigenvalue weighted by atomic mass is 10.3. The maximum Gasteiger partial charge on any atom is 0.224 e. The van der Waals surface area contributed by atoms with E-state index in [1.54, 1.807) is 12.1 Å². The predicted molar refractivity (Wildman–Crippen MR) is 65.8 cm³/mol. The Balaban J connectivity index is 2.03. The SMILES string of the molecule is Nc1nc(Nc2ccc(F)cc2)c2nc[nH]c2n1. The first-order chi connectivity index (χ1) is 8.72. The molecule has 1 aromatic carbocycles. The molecule has 0 bridgehead atoms. The van der Waals surface area contributed by atoms with Crippen LogP contribution in [0.3, 0.4) is 0 Å². The van der Waals surface area contributed by atoms with Crippen molar-refractivity contribution in [2.24, 2.45) is 0 Å². The Morgan fingerprint density at radius 1 is 1.17 bits per heavy atom. The number of aromatic amines is 1. The van der Waals surface area contributed by atoms with E-state index in [4.69, 9.17) is 5.73 Å². The van der Waals surface area contributed by atoms with Gasteiger partial charge in [0.25, 0.3) is 0 Å². The Morgan fingerprint density at radius 3 is 2.72 bits per heavy atom. The van der Waals surface area contributed by atoms with Gasteiger partial charge in [-0.3, -0.25) is 0 Å². The maximum atomic E-state index is 12.8. The molecule has 2 aromatic heterocycles. The van der Waals surface area contributed by atoms with Crippen LogP contribution < -0.4 is 11.1 Å². The highest BCUT2D eigenvalue weighted by atomic mass is 19.1. The third-order valence-electron chi connectivity index (χ3n) is 2.40. The molecule has 0 radical (unpaired) electrons. The average Bonchev–Trinajstić information content (AvgIpc) is 2.80. The Labute approximate surface area is 101 Å². The van der Waals surface area contributed by atoms with Gasteiger partial charge in [0, 0.05) is 5.69 Å². The molecular weight excluding hydrogens is 235 g/mol. The van der Waals surface area contributed by atoms with E-state index < -0.39 is 0 Å². The first-order valence-corrected chi connectivity index (χ1v) is 5.21. The summed E-state index contributed by atoms with van der Waals surface area (Å²) in [6.07, 6.45) is 1.51. The van der Waals surface area contributed by atoms with Crippen LogP contribution in [0.1, 0.15) is 0 Å². The number of nitrogens with one attached hydrogen (secondary N) is 2. The summed E-state index contributed by atoms with van der Waals surface area (Å²) in [4.78, 5) is 15.0. The first-order valence-electron chi connectivity index (χ1n) is 5.21. The van der Waals surface area contributed by atoms with Gasteiger partial charge < -0.3 is 16.0 Å². The van der Waals surface area contributed by atoms with Crippen LogP contribution in [0.4, 0.5) is 21.8 Å². The third kappa shape index (κ3) is 1.81. The molecule has 7 heteroatoms. The van der Waals surface area contributed by atoms with E-state index >= 15 is 0 Å². The standard InChI is InChI=1S/C11H9FN6/c12-6-1-3-7(4-2-6)16-10-8-9(15-5-14-8)17-11(13)18-10/h1-5H,(H4,13,14,15,16,17,18). The van der Waals surface area contributed by atoms with Crippen LogP contribution in [-0.4, -0.2) is 19.9 Å². The fraction of sp³-hybridized carbons (Fsp3) is 0. The molecule has 0 unspecified atom stereocenters. The van der Waals surface area contributed by atoms with Crippen molar-refractivity contribution in [1.29, 1.82) is 0 Å². The van der Waals surface area contributed by atoms with Gasteiger partial charge in [0.1, 0.15) is 5.82 Å². The smallest absolute Gasteiger partial charge is 0.224 e. The van der Waals surface area contributed by atoms with Crippen molar-refractivity contribution in [1.82, 2.24) is 19.9 Å². The van der Waals surface area contributed by atoms with Gasteiger partial charge in [0.05, 0.1) is 6.33 Å². The van der Waals surface area contributed by atoms with Gasteiger partial charge in [-0.2, -0.15) is 9.97 Å². The van der Waals surface area contributed by atoms with Crippen molar-refractivity contribution >= 4 is 28.6 Å². The lowest BCUT2D eigenvalue weighted by Crippen LogP contribution is -2.01. The Morgan fingerprint density at radius 2 is 1.94 bits per heavy atom. The minimum atomic E-state index is -0.298. The van der Waals surface area contributed by atoms with E-state index in [-0.39, 0.29) is 11.8 Å². The van der Waals surface area contributed by atoms with Crippen molar-refractivity contribution < 1.29 is 4.39 Å². The Hall–Kier alpha value is -2.70. The third-order valence-corrected chi connectivity index (χ3v) is 2.40. The molecule has 0 fully saturated rings. The van der Waals surface area contributed by atoms with Gasteiger partial charge in [-0.15, -0.1) is 0 Å². The molecule has 0 saturated carbocycles. The van der Waals surface area contributed by atoms with Gasteiger partial charge in [0.2, 0.25) is 5.95 Å². The molecule has 0 aliphatic heterocycles. The molecule has 2 heterocycles. The first kappa shape index (κ1) is 10.5. The fourth-order valence-corrected chi connectivity index (χ4v) is 1.61. The summed E-state index contributed by atoms with van der Waals surface area (Å²) < 4.78 is 12.8. The second-order valence-corrected chi connectivity index (χ2v) is 3.66. The zero-order valence-corrected chi connectivity index (χ0v) is 9.18. The molecule has 0 atom stereocenters. The largest absolute Gasteiger partial charge is 0.368 e. The highest BCUT2D eigenvalue weighted by molar-refractivity contribution is 5.85. The topological polar surface area (TPSA) is 92.5 Å². The zero-order chi connectivity index (χ0) is 12.5. The number of H-pyrrole nitrogens is 1. The number of rotatable bonds is 2. The quantitative estimate of drug-likeness (QED) is 0.639. The van der Waals surface area contributed by atoms with E-state index in [1.165, 1.54) is 18.5 Å². The average molecular weight is 244 g/mol. The highest BCUT2D eigenvalue weighted by Gasteiger charge is 2.08. The number of nitrogens with zero attached hydrogens (tertiary/aromatic N) is 3. The van der Waals surface area contributed by atoms with Gasteiger partial charge in [-0.1, -0.05) is 0 Å². The maximum absolute atomic E-state index is 12.8. The van der Waals surface area contributed by atoms with Crippen molar-refractivity contribution in [2.75, 3.05) is 11.1 Å². The number of nitrogen functional groups attached to an aromatic ring is 1. The molecule has 18 heavy (non-hydrogen) atoms.